The zero-order valence-corrected chi connectivity index (χ0v) is 18.2. The molecule has 1 aromatic heterocycles. The molecule has 2 aromatic rings. The minimum Gasteiger partial charge on any atom is -0.455 e. The zero-order chi connectivity index (χ0) is 21.1. The van der Waals surface area contributed by atoms with Crippen molar-refractivity contribution in [1.29, 1.82) is 0 Å². The van der Waals surface area contributed by atoms with Crippen LogP contribution in [0.5, 0.6) is 0 Å². The van der Waals surface area contributed by atoms with E-state index in [4.69, 9.17) is 27.9 Å². The Morgan fingerprint density at radius 3 is 2.36 bits per heavy atom. The maximum absolute atomic E-state index is 11.9. The lowest BCUT2D eigenvalue weighted by Crippen LogP contribution is -2.25. The summed E-state index contributed by atoms with van der Waals surface area (Å²) in [5, 5.41) is 5.66. The lowest BCUT2D eigenvalue weighted by molar-refractivity contribution is -0.145. The number of aryl methyl sites for hydroxylation is 1. The van der Waals surface area contributed by atoms with Crippen LogP contribution in [0.15, 0.2) is 24.3 Å². The van der Waals surface area contributed by atoms with Crippen molar-refractivity contribution in [2.75, 3.05) is 6.61 Å². The Morgan fingerprint density at radius 2 is 1.79 bits per heavy atom. The van der Waals surface area contributed by atoms with Gasteiger partial charge in [0.1, 0.15) is 0 Å². The summed E-state index contributed by atoms with van der Waals surface area (Å²) in [4.78, 5) is 23.8. The van der Waals surface area contributed by atoms with Gasteiger partial charge in [-0.2, -0.15) is 5.10 Å². The summed E-state index contributed by atoms with van der Waals surface area (Å²) in [6.45, 7) is 9.28. The van der Waals surface area contributed by atoms with Gasteiger partial charge in [0.15, 0.2) is 12.4 Å². The van der Waals surface area contributed by atoms with Crippen LogP contribution in [-0.2, 0) is 20.9 Å². The summed E-state index contributed by atoms with van der Waals surface area (Å²) in [7, 11) is 0. The van der Waals surface area contributed by atoms with Crippen molar-refractivity contribution >= 4 is 41.0 Å². The van der Waals surface area contributed by atoms with Crippen molar-refractivity contribution in [3.05, 3.63) is 56.8 Å². The molecule has 5 nitrogen and oxygen atoms in total. The normalized spacial score (nSPS) is 11.8. The van der Waals surface area contributed by atoms with Crippen molar-refractivity contribution in [2.24, 2.45) is 5.41 Å². The van der Waals surface area contributed by atoms with Crippen LogP contribution in [-0.4, -0.2) is 28.1 Å². The van der Waals surface area contributed by atoms with E-state index in [1.807, 2.05) is 13.8 Å². The van der Waals surface area contributed by atoms with Gasteiger partial charge in [-0.25, -0.2) is 4.79 Å². The second kappa shape index (κ2) is 8.93. The molecule has 0 fully saturated rings. The summed E-state index contributed by atoms with van der Waals surface area (Å²) in [5.41, 5.74) is 2.67. The third-order valence-electron chi connectivity index (χ3n) is 4.38. The van der Waals surface area contributed by atoms with Gasteiger partial charge >= 0.3 is 5.97 Å². The highest BCUT2D eigenvalue weighted by Gasteiger charge is 2.22. The molecule has 2 rings (SSSR count). The fraction of sp³-hybridized carbons (Fsp3) is 0.381. The lowest BCUT2D eigenvalue weighted by atomic mass is 9.91. The average molecular weight is 423 g/mol. The van der Waals surface area contributed by atoms with Crippen LogP contribution in [0, 0.1) is 19.3 Å². The van der Waals surface area contributed by atoms with Crippen LogP contribution >= 0.6 is 23.2 Å². The number of carbonyl (C=O) groups excluding carboxylic acids is 2. The van der Waals surface area contributed by atoms with Crippen LogP contribution in [0.1, 0.15) is 43.3 Å². The Bertz CT molecular complexity index is 904. The molecule has 0 aliphatic rings. The molecule has 0 saturated heterocycles. The van der Waals surface area contributed by atoms with E-state index < -0.39 is 11.4 Å². The summed E-state index contributed by atoms with van der Waals surface area (Å²) < 4.78 is 6.82. The van der Waals surface area contributed by atoms with E-state index in [-0.39, 0.29) is 12.4 Å². The topological polar surface area (TPSA) is 61.2 Å². The van der Waals surface area contributed by atoms with Gasteiger partial charge in [-0.15, -0.1) is 0 Å². The van der Waals surface area contributed by atoms with Gasteiger partial charge in [-0.05, 0) is 32.1 Å². The fourth-order valence-corrected chi connectivity index (χ4v) is 3.01. The summed E-state index contributed by atoms with van der Waals surface area (Å²) >= 11 is 12.5. The van der Waals surface area contributed by atoms with E-state index in [0.717, 1.165) is 22.5 Å². The molecule has 0 bridgehead atoms. The number of hydrogen-bond acceptors (Lipinski definition) is 4. The Morgan fingerprint density at radius 1 is 1.18 bits per heavy atom. The first-order chi connectivity index (χ1) is 13.0. The van der Waals surface area contributed by atoms with Gasteiger partial charge in [0.25, 0.3) is 0 Å². The number of halogens is 2. The van der Waals surface area contributed by atoms with Crippen molar-refractivity contribution in [2.45, 2.75) is 41.2 Å². The van der Waals surface area contributed by atoms with Gasteiger partial charge < -0.3 is 4.74 Å². The Labute approximate surface area is 175 Å². The highest BCUT2D eigenvalue weighted by molar-refractivity contribution is 6.35. The summed E-state index contributed by atoms with van der Waals surface area (Å²) in [5.74, 6) is -0.704. The lowest BCUT2D eigenvalue weighted by Gasteiger charge is -2.15. The number of benzene rings is 1. The highest BCUT2D eigenvalue weighted by atomic mass is 35.5. The molecule has 0 atom stereocenters. The molecular weight excluding hydrogens is 399 g/mol. The Kier molecular flexibility index (Phi) is 7.07. The number of nitrogens with zero attached hydrogens (tertiary/aromatic N) is 2. The Balaban J connectivity index is 2.12. The third kappa shape index (κ3) is 5.46. The first-order valence-electron chi connectivity index (χ1n) is 8.85. The van der Waals surface area contributed by atoms with Crippen LogP contribution in [0.2, 0.25) is 10.0 Å². The summed E-state index contributed by atoms with van der Waals surface area (Å²) in [6.07, 6.45) is 2.95. The van der Waals surface area contributed by atoms with E-state index in [0.29, 0.717) is 16.6 Å². The second-order valence-corrected chi connectivity index (χ2v) is 8.37. The van der Waals surface area contributed by atoms with E-state index >= 15 is 0 Å². The molecule has 1 aromatic carbocycles. The molecule has 1 heterocycles. The van der Waals surface area contributed by atoms with Crippen molar-refractivity contribution in [1.82, 2.24) is 9.78 Å². The highest BCUT2D eigenvalue weighted by Crippen LogP contribution is 2.26. The van der Waals surface area contributed by atoms with Crippen molar-refractivity contribution in [3.63, 3.8) is 0 Å². The molecule has 0 aliphatic heterocycles. The van der Waals surface area contributed by atoms with Crippen molar-refractivity contribution < 1.29 is 14.3 Å². The first kappa shape index (κ1) is 22.2. The van der Waals surface area contributed by atoms with E-state index in [1.165, 1.54) is 6.08 Å². The van der Waals surface area contributed by atoms with Crippen LogP contribution in [0.4, 0.5) is 0 Å². The minimum absolute atomic E-state index is 0.133. The van der Waals surface area contributed by atoms with Gasteiger partial charge in [0, 0.05) is 38.4 Å². The number of Topliss-reactive ketones (excluding diaryl/α,β-unsaturated/α-hetero) is 1. The monoisotopic (exact) mass is 422 g/mol. The van der Waals surface area contributed by atoms with Gasteiger partial charge in [0.2, 0.25) is 0 Å². The van der Waals surface area contributed by atoms with Gasteiger partial charge in [0.05, 0.1) is 12.2 Å². The first-order valence-corrected chi connectivity index (χ1v) is 9.61. The molecule has 7 heteroatoms. The molecule has 150 valence electrons. The average Bonchev–Trinajstić information content (AvgIpc) is 2.86. The standard InChI is InChI=1S/C21H24Cl2N2O3/c1-13-15(9-10-20(27)28-12-19(26)21(3,4)5)14(2)25(24-13)11-16-17(22)7-6-8-18(16)23/h6-10H,11-12H2,1-5H3/b10-9+. The fourth-order valence-electron chi connectivity index (χ4n) is 2.49. The van der Waals surface area contributed by atoms with Crippen molar-refractivity contribution in [3.8, 4) is 0 Å². The number of esters is 1. The van der Waals surface area contributed by atoms with E-state index in [2.05, 4.69) is 5.10 Å². The predicted octanol–water partition coefficient (Wildman–Crippen LogP) is 5.03. The van der Waals surface area contributed by atoms with Gasteiger partial charge in [-0.3, -0.25) is 9.48 Å². The number of aromatic nitrogens is 2. The smallest absolute Gasteiger partial charge is 0.331 e. The largest absolute Gasteiger partial charge is 0.455 e. The molecule has 0 amide bonds. The number of ether oxygens (including phenoxy) is 1. The minimum atomic E-state index is -0.571. The van der Waals surface area contributed by atoms with Gasteiger partial charge in [-0.1, -0.05) is 50.0 Å². The number of hydrogen-bond donors (Lipinski definition) is 0. The number of rotatable bonds is 6. The number of carbonyl (C=O) groups is 2. The molecule has 0 saturated carbocycles. The molecule has 0 unspecified atom stereocenters. The summed E-state index contributed by atoms with van der Waals surface area (Å²) in [6, 6.07) is 5.36. The van der Waals surface area contributed by atoms with E-state index in [9.17, 15) is 9.59 Å². The molecule has 0 spiro atoms. The molecule has 0 radical (unpaired) electrons. The molecule has 0 N–H and O–H groups in total. The third-order valence-corrected chi connectivity index (χ3v) is 5.08. The Hall–Kier alpha value is -2.11. The van der Waals surface area contributed by atoms with E-state index in [1.54, 1.807) is 49.7 Å². The van der Waals surface area contributed by atoms with Crippen LogP contribution < -0.4 is 0 Å². The molecule has 0 aliphatic carbocycles. The van der Waals surface area contributed by atoms with Crippen LogP contribution in [0.25, 0.3) is 6.08 Å². The molecular formula is C21H24Cl2N2O3. The SMILES string of the molecule is Cc1nn(Cc2c(Cl)cccc2Cl)c(C)c1/C=C/C(=O)OCC(=O)C(C)(C)C. The molecule has 28 heavy (non-hydrogen) atoms. The predicted molar refractivity (Wildman–Crippen MR) is 112 cm³/mol. The number of ketones is 1. The van der Waals surface area contributed by atoms with Crippen LogP contribution in [0.3, 0.4) is 0 Å². The maximum atomic E-state index is 11.9. The quantitative estimate of drug-likeness (QED) is 0.483. The second-order valence-electron chi connectivity index (χ2n) is 7.56. The maximum Gasteiger partial charge on any atom is 0.331 e. The zero-order valence-electron chi connectivity index (χ0n) is 16.7.